The van der Waals surface area contributed by atoms with E-state index in [-0.39, 0.29) is 17.6 Å². The predicted molar refractivity (Wildman–Crippen MR) is 86.9 cm³/mol. The second-order valence-corrected chi connectivity index (χ2v) is 7.95. The third-order valence-corrected chi connectivity index (χ3v) is 5.16. The smallest absolute Gasteiger partial charge is 0.272 e. The lowest BCUT2D eigenvalue weighted by atomic mass is 10.2. The van der Waals surface area contributed by atoms with Gasteiger partial charge < -0.3 is 4.90 Å². The first-order valence-corrected chi connectivity index (χ1v) is 9.28. The molecule has 1 fully saturated rings. The number of halogens is 1. The van der Waals surface area contributed by atoms with E-state index in [4.69, 9.17) is 16.7 Å². The second-order valence-electron chi connectivity index (χ2n) is 5.86. The van der Waals surface area contributed by atoms with Crippen molar-refractivity contribution >= 4 is 33.2 Å². The molecule has 1 aliphatic rings. The molecule has 3 heterocycles. The highest BCUT2D eigenvalue weighted by Gasteiger charge is 2.31. The van der Waals surface area contributed by atoms with Gasteiger partial charge in [0.15, 0.2) is 0 Å². The van der Waals surface area contributed by atoms with Crippen molar-refractivity contribution in [2.75, 3.05) is 18.8 Å². The van der Waals surface area contributed by atoms with Crippen LogP contribution in [0.5, 0.6) is 0 Å². The molecule has 0 aliphatic carbocycles. The van der Waals surface area contributed by atoms with E-state index in [0.29, 0.717) is 41.6 Å². The molecule has 7 nitrogen and oxygen atoms in total. The van der Waals surface area contributed by atoms with Crippen LogP contribution < -0.4 is 5.14 Å². The molecule has 9 heteroatoms. The van der Waals surface area contributed by atoms with Crippen molar-refractivity contribution in [3.05, 3.63) is 34.7 Å². The van der Waals surface area contributed by atoms with E-state index in [1.54, 1.807) is 34.6 Å². The molecule has 0 bridgehead atoms. The van der Waals surface area contributed by atoms with Gasteiger partial charge in [0.25, 0.3) is 5.91 Å². The van der Waals surface area contributed by atoms with E-state index in [0.717, 1.165) is 0 Å². The fourth-order valence-corrected chi connectivity index (χ4v) is 4.12. The number of sulfonamides is 1. The summed E-state index contributed by atoms with van der Waals surface area (Å²) in [6, 6.07) is 3.47. The number of rotatable bonds is 3. The van der Waals surface area contributed by atoms with Crippen LogP contribution in [-0.4, -0.2) is 47.5 Å². The van der Waals surface area contributed by atoms with Gasteiger partial charge in [-0.3, -0.25) is 9.20 Å². The summed E-state index contributed by atoms with van der Waals surface area (Å²) in [6.45, 7) is 2.65. The number of hydrogen-bond acceptors (Lipinski definition) is 4. The molecule has 0 aromatic carbocycles. The zero-order valence-electron chi connectivity index (χ0n) is 12.6. The molecule has 0 radical (unpaired) electrons. The monoisotopic (exact) mass is 356 g/mol. The van der Waals surface area contributed by atoms with Gasteiger partial charge in [-0.1, -0.05) is 11.6 Å². The molecule has 2 aromatic rings. The number of likely N-dealkylation sites (tertiary alicyclic amines) is 1. The average molecular weight is 357 g/mol. The van der Waals surface area contributed by atoms with Crippen LogP contribution in [0.2, 0.25) is 5.02 Å². The number of hydrogen-bond donors (Lipinski definition) is 1. The Morgan fingerprint density at radius 1 is 1.48 bits per heavy atom. The third-order valence-electron chi connectivity index (χ3n) is 4.00. The quantitative estimate of drug-likeness (QED) is 0.888. The Labute approximate surface area is 139 Å². The largest absolute Gasteiger partial charge is 0.337 e. The lowest BCUT2D eigenvalue weighted by Gasteiger charge is -2.16. The van der Waals surface area contributed by atoms with Crippen molar-refractivity contribution in [1.82, 2.24) is 14.3 Å². The van der Waals surface area contributed by atoms with Crippen molar-refractivity contribution in [1.29, 1.82) is 0 Å². The number of carbonyl (C=O) groups is 1. The molecular formula is C14H17ClN4O3S. The highest BCUT2D eigenvalue weighted by atomic mass is 35.5. The van der Waals surface area contributed by atoms with Crippen molar-refractivity contribution in [3.8, 4) is 0 Å². The molecule has 0 unspecified atom stereocenters. The third kappa shape index (κ3) is 3.34. The molecule has 1 saturated heterocycles. The molecule has 3 rings (SSSR count). The Hall–Kier alpha value is -1.64. The number of aryl methyl sites for hydroxylation is 1. The maximum Gasteiger partial charge on any atom is 0.272 e. The van der Waals surface area contributed by atoms with Crippen molar-refractivity contribution < 1.29 is 13.2 Å². The Morgan fingerprint density at radius 2 is 2.22 bits per heavy atom. The molecule has 0 spiro atoms. The molecule has 1 amide bonds. The Balaban J connectivity index is 1.87. The van der Waals surface area contributed by atoms with Gasteiger partial charge in [-0.15, -0.1) is 0 Å². The molecular weight excluding hydrogens is 340 g/mol. The van der Waals surface area contributed by atoms with Gasteiger partial charge >= 0.3 is 0 Å². The van der Waals surface area contributed by atoms with Gasteiger partial charge in [0.2, 0.25) is 10.0 Å². The van der Waals surface area contributed by atoms with E-state index in [1.807, 2.05) is 0 Å². The Bertz CT molecular complexity index is 878. The zero-order chi connectivity index (χ0) is 16.8. The zero-order valence-corrected chi connectivity index (χ0v) is 14.1. The number of imidazole rings is 1. The fourth-order valence-electron chi connectivity index (χ4n) is 3.03. The summed E-state index contributed by atoms with van der Waals surface area (Å²) in [5, 5.41) is 5.60. The summed E-state index contributed by atoms with van der Waals surface area (Å²) in [7, 11) is -3.53. The number of primary sulfonamides is 1. The first-order valence-electron chi connectivity index (χ1n) is 7.18. The Morgan fingerprint density at radius 3 is 2.91 bits per heavy atom. The van der Waals surface area contributed by atoms with Gasteiger partial charge in [0, 0.05) is 19.3 Å². The van der Waals surface area contributed by atoms with E-state index in [2.05, 4.69) is 4.98 Å². The summed E-state index contributed by atoms with van der Waals surface area (Å²) in [5.74, 6) is -0.402. The van der Waals surface area contributed by atoms with Gasteiger partial charge in [-0.2, -0.15) is 0 Å². The van der Waals surface area contributed by atoms with Gasteiger partial charge in [-0.05, 0) is 31.4 Å². The van der Waals surface area contributed by atoms with E-state index < -0.39 is 10.0 Å². The highest BCUT2D eigenvalue weighted by molar-refractivity contribution is 7.89. The minimum Gasteiger partial charge on any atom is -0.337 e. The molecule has 2 aromatic heterocycles. The number of fused-ring (bicyclic) bond motifs is 1. The van der Waals surface area contributed by atoms with Crippen LogP contribution in [0.15, 0.2) is 18.3 Å². The minimum atomic E-state index is -3.53. The first kappa shape index (κ1) is 16.2. The molecule has 124 valence electrons. The second kappa shape index (κ2) is 5.77. The average Bonchev–Trinajstić information content (AvgIpc) is 3.00. The van der Waals surface area contributed by atoms with E-state index in [9.17, 15) is 13.2 Å². The molecule has 23 heavy (non-hydrogen) atoms. The minimum absolute atomic E-state index is 0.102. The lowest BCUT2D eigenvalue weighted by Crippen LogP contribution is -2.32. The highest BCUT2D eigenvalue weighted by Crippen LogP contribution is 2.23. The van der Waals surface area contributed by atoms with Crippen molar-refractivity contribution in [2.45, 2.75) is 13.3 Å². The first-order chi connectivity index (χ1) is 10.7. The predicted octanol–water partition coefficient (Wildman–Crippen LogP) is 1.05. The van der Waals surface area contributed by atoms with E-state index in [1.165, 1.54) is 0 Å². The fraction of sp³-hybridized carbons (Fsp3) is 0.429. The standard InChI is InChI=1S/C14H17ClN4O3S/c1-9-13(19-7-11(15)2-3-12(19)17-9)14(20)18-5-4-10(6-18)8-23(16,21)22/h2-3,7,10H,4-6,8H2,1H3,(H2,16,21,22)/t10-/m1/s1. The number of nitrogens with two attached hydrogens (primary N) is 1. The summed E-state index contributed by atoms with van der Waals surface area (Å²) in [4.78, 5) is 18.8. The topological polar surface area (TPSA) is 97.8 Å². The SMILES string of the molecule is Cc1nc2ccc(Cl)cn2c1C(=O)N1CC[C@@H](CS(N)(=O)=O)C1. The van der Waals surface area contributed by atoms with Crippen LogP contribution in [0.3, 0.4) is 0 Å². The van der Waals surface area contributed by atoms with Crippen LogP contribution >= 0.6 is 11.6 Å². The van der Waals surface area contributed by atoms with E-state index >= 15 is 0 Å². The van der Waals surface area contributed by atoms with Crippen molar-refractivity contribution in [3.63, 3.8) is 0 Å². The van der Waals surface area contributed by atoms with Gasteiger partial charge in [-0.25, -0.2) is 18.5 Å². The van der Waals surface area contributed by atoms with Crippen LogP contribution in [0.25, 0.3) is 5.65 Å². The Kier molecular flexibility index (Phi) is 4.07. The molecule has 1 atom stereocenters. The number of pyridine rings is 1. The van der Waals surface area contributed by atoms with Gasteiger partial charge in [0.1, 0.15) is 11.3 Å². The van der Waals surface area contributed by atoms with Crippen LogP contribution in [0.1, 0.15) is 22.6 Å². The number of amides is 1. The van der Waals surface area contributed by atoms with Crippen molar-refractivity contribution in [2.24, 2.45) is 11.1 Å². The lowest BCUT2D eigenvalue weighted by molar-refractivity contribution is 0.0780. The molecule has 2 N–H and O–H groups in total. The molecule has 1 aliphatic heterocycles. The summed E-state index contributed by atoms with van der Waals surface area (Å²) >= 11 is 6.01. The number of aromatic nitrogens is 2. The maximum atomic E-state index is 12.8. The summed E-state index contributed by atoms with van der Waals surface area (Å²) in [6.07, 6.45) is 2.28. The summed E-state index contributed by atoms with van der Waals surface area (Å²) < 4.78 is 24.1. The van der Waals surface area contributed by atoms with Crippen LogP contribution in [0, 0.1) is 12.8 Å². The van der Waals surface area contributed by atoms with Gasteiger partial charge in [0.05, 0.1) is 16.5 Å². The van der Waals surface area contributed by atoms with Crippen LogP contribution in [-0.2, 0) is 10.0 Å². The normalized spacial score (nSPS) is 18.7. The molecule has 0 saturated carbocycles. The van der Waals surface area contributed by atoms with Crippen LogP contribution in [0.4, 0.5) is 0 Å². The maximum absolute atomic E-state index is 12.8. The summed E-state index contributed by atoms with van der Waals surface area (Å²) in [5.41, 5.74) is 1.72. The number of carbonyl (C=O) groups excluding carboxylic acids is 1. The number of nitrogens with zero attached hydrogens (tertiary/aromatic N) is 3.